The van der Waals surface area contributed by atoms with E-state index in [1.165, 1.54) is 77.0 Å². The Bertz CT molecular complexity index is 561. The molecule has 0 spiro atoms. The Kier molecular flexibility index (Phi) is 29.2. The van der Waals surface area contributed by atoms with E-state index in [0.717, 1.165) is 19.3 Å². The monoisotopic (exact) mass is 495 g/mol. The predicted octanol–water partition coefficient (Wildman–Crippen LogP) is -1.07. The zero-order valence-corrected chi connectivity index (χ0v) is 25.6. The summed E-state index contributed by atoms with van der Waals surface area (Å²) in [6.45, 7) is 2.32. The van der Waals surface area contributed by atoms with Crippen molar-refractivity contribution in [2.45, 2.75) is 121 Å². The van der Waals surface area contributed by atoms with Gasteiger partial charge in [0.25, 0.3) is 10.1 Å². The molecule has 0 aliphatic carbocycles. The number of carbonyl (C=O) groups excluding carboxylic acids is 2. The van der Waals surface area contributed by atoms with Gasteiger partial charge < -0.3 is 10.5 Å². The number of unbranched alkanes of at least 4 members (excludes halogenated alkanes) is 15. The number of hydrogen-bond acceptors (Lipinski definition) is 5. The van der Waals surface area contributed by atoms with Gasteiger partial charge in [0, 0.05) is 0 Å². The molecular formula is C22H43NNa2O6S+2. The number of nitrogens with two attached hydrogens (primary N) is 1. The van der Waals surface area contributed by atoms with Crippen molar-refractivity contribution in [1.82, 2.24) is 0 Å². The summed E-state index contributed by atoms with van der Waals surface area (Å²) < 4.78 is 36.1. The zero-order valence-electron chi connectivity index (χ0n) is 20.8. The first-order chi connectivity index (χ1) is 14.3. The molecule has 10 heteroatoms. The number of esters is 1. The second kappa shape index (κ2) is 25.0. The molecule has 0 aromatic heterocycles. The summed E-state index contributed by atoms with van der Waals surface area (Å²) in [5, 5.41) is -1.93. The number of amides is 1. The molecule has 7 nitrogen and oxygen atoms in total. The third-order valence-electron chi connectivity index (χ3n) is 5.25. The van der Waals surface area contributed by atoms with Gasteiger partial charge in [0.2, 0.25) is 5.91 Å². The van der Waals surface area contributed by atoms with Crippen molar-refractivity contribution in [3.05, 3.63) is 0 Å². The maximum absolute atomic E-state index is 11.7. The second-order valence-corrected chi connectivity index (χ2v) is 9.74. The predicted molar refractivity (Wildman–Crippen MR) is 120 cm³/mol. The van der Waals surface area contributed by atoms with Gasteiger partial charge in [-0.3, -0.25) is 14.1 Å². The van der Waals surface area contributed by atoms with Crippen LogP contribution in [0.5, 0.6) is 0 Å². The molecule has 0 heterocycles. The Labute approximate surface area is 240 Å². The molecule has 0 saturated carbocycles. The van der Waals surface area contributed by atoms with Crippen LogP contribution in [0.3, 0.4) is 0 Å². The van der Waals surface area contributed by atoms with Gasteiger partial charge in [-0.25, -0.2) is 0 Å². The van der Waals surface area contributed by atoms with Crippen LogP contribution in [0.25, 0.3) is 0 Å². The Morgan fingerprint density at radius 2 is 1.09 bits per heavy atom. The molecule has 1 unspecified atom stereocenters. The van der Waals surface area contributed by atoms with Gasteiger partial charge in [0.15, 0.2) is 5.25 Å². The summed E-state index contributed by atoms with van der Waals surface area (Å²) in [7, 11) is -4.71. The summed E-state index contributed by atoms with van der Waals surface area (Å²) in [6, 6.07) is 0. The normalized spacial score (nSPS) is 11.8. The Morgan fingerprint density at radius 1 is 0.750 bits per heavy atom. The van der Waals surface area contributed by atoms with Crippen molar-refractivity contribution in [1.29, 1.82) is 0 Å². The van der Waals surface area contributed by atoms with Crippen LogP contribution in [0.15, 0.2) is 0 Å². The fourth-order valence-corrected chi connectivity index (χ4v) is 4.09. The Balaban J connectivity index is -0.00000420. The van der Waals surface area contributed by atoms with Crippen molar-refractivity contribution >= 4 is 22.0 Å². The van der Waals surface area contributed by atoms with E-state index >= 15 is 0 Å². The molecule has 0 saturated heterocycles. The first-order valence-corrected chi connectivity index (χ1v) is 13.2. The van der Waals surface area contributed by atoms with Gasteiger partial charge in [-0.05, 0) is 6.42 Å². The minimum absolute atomic E-state index is 0. The van der Waals surface area contributed by atoms with E-state index in [2.05, 4.69) is 6.92 Å². The van der Waals surface area contributed by atoms with Crippen molar-refractivity contribution in [2.75, 3.05) is 6.61 Å². The molecule has 0 fully saturated rings. The van der Waals surface area contributed by atoms with Crippen LogP contribution in [0.4, 0.5) is 0 Å². The number of rotatable bonds is 21. The summed E-state index contributed by atoms with van der Waals surface area (Å²) in [5.74, 6) is -2.12. The van der Waals surface area contributed by atoms with Crippen LogP contribution >= 0.6 is 0 Å². The topological polar surface area (TPSA) is 124 Å². The Morgan fingerprint density at radius 3 is 1.41 bits per heavy atom. The average molecular weight is 496 g/mol. The van der Waals surface area contributed by atoms with Crippen molar-refractivity contribution in [3.63, 3.8) is 0 Å². The summed E-state index contributed by atoms with van der Waals surface area (Å²) in [6.07, 6.45) is 18.9. The molecule has 0 radical (unpaired) electrons. The minimum Gasteiger partial charge on any atom is -0.465 e. The van der Waals surface area contributed by atoms with Crippen LogP contribution in [-0.2, 0) is 24.4 Å². The van der Waals surface area contributed by atoms with E-state index in [1.807, 2.05) is 0 Å². The van der Waals surface area contributed by atoms with Crippen molar-refractivity contribution in [2.24, 2.45) is 5.73 Å². The van der Waals surface area contributed by atoms with Crippen LogP contribution in [0.2, 0.25) is 0 Å². The SMILES string of the molecule is CCCCCCCCCCCCCCCCCCOC(=O)C(CC(N)=O)S(=O)(=O)O.[Na+].[Na+]. The molecule has 0 aromatic rings. The summed E-state index contributed by atoms with van der Waals surface area (Å²) in [4.78, 5) is 22.5. The first kappa shape index (κ1) is 37.4. The van der Waals surface area contributed by atoms with Crippen molar-refractivity contribution < 1.29 is 86.4 Å². The van der Waals surface area contributed by atoms with E-state index in [9.17, 15) is 18.0 Å². The van der Waals surface area contributed by atoms with E-state index in [1.54, 1.807) is 0 Å². The molecule has 1 atom stereocenters. The number of hydrogen-bond donors (Lipinski definition) is 2. The number of primary amides is 1. The van der Waals surface area contributed by atoms with Gasteiger partial charge in [-0.15, -0.1) is 0 Å². The fourth-order valence-electron chi connectivity index (χ4n) is 3.41. The van der Waals surface area contributed by atoms with Crippen molar-refractivity contribution in [3.8, 4) is 0 Å². The molecule has 32 heavy (non-hydrogen) atoms. The molecule has 0 aromatic carbocycles. The molecule has 3 N–H and O–H groups in total. The van der Waals surface area contributed by atoms with Gasteiger partial charge >= 0.3 is 65.1 Å². The average Bonchev–Trinajstić information content (AvgIpc) is 2.67. The molecule has 1 amide bonds. The Hall–Kier alpha value is 0.850. The first-order valence-electron chi connectivity index (χ1n) is 11.7. The zero-order chi connectivity index (χ0) is 22.7. The molecular weight excluding hydrogens is 452 g/mol. The smallest absolute Gasteiger partial charge is 0.465 e. The van der Waals surface area contributed by atoms with Crippen LogP contribution in [0, 0.1) is 0 Å². The molecule has 0 aliphatic heterocycles. The molecule has 0 rings (SSSR count). The fraction of sp³-hybridized carbons (Fsp3) is 0.909. The minimum atomic E-state index is -4.71. The number of ether oxygens (including phenoxy) is 1. The van der Waals surface area contributed by atoms with Gasteiger partial charge in [0.05, 0.1) is 13.0 Å². The maximum Gasteiger partial charge on any atom is 1.00 e. The summed E-state index contributed by atoms with van der Waals surface area (Å²) >= 11 is 0. The van der Waals surface area contributed by atoms with Crippen LogP contribution < -0.4 is 64.8 Å². The quantitative estimate of drug-likeness (QED) is 0.0905. The van der Waals surface area contributed by atoms with Gasteiger partial charge in [0.1, 0.15) is 0 Å². The van der Waals surface area contributed by atoms with Gasteiger partial charge in [-0.1, -0.05) is 103 Å². The van der Waals surface area contributed by atoms with E-state index < -0.39 is 33.7 Å². The maximum atomic E-state index is 11.7. The van der Waals surface area contributed by atoms with E-state index in [4.69, 9.17) is 15.0 Å². The standard InChI is InChI=1S/C22H43NO6S.2Na/c1-2-3-4-5-6-7-8-9-10-11-12-13-14-15-16-17-18-29-22(25)20(19-21(23)24)30(26,27)28;;/h20H,2-19H2,1H3,(H2,23,24)(H,26,27,28);;/q;2*+1. The largest absolute Gasteiger partial charge is 1.00 e. The number of carbonyl (C=O) groups is 2. The van der Waals surface area contributed by atoms with Gasteiger partial charge in [-0.2, -0.15) is 8.42 Å². The van der Waals surface area contributed by atoms with Crippen LogP contribution in [0.1, 0.15) is 116 Å². The van der Waals surface area contributed by atoms with E-state index in [0.29, 0.717) is 6.42 Å². The second-order valence-electron chi connectivity index (χ2n) is 8.14. The van der Waals surface area contributed by atoms with Crippen LogP contribution in [-0.4, -0.2) is 36.7 Å². The molecule has 0 aliphatic rings. The summed E-state index contributed by atoms with van der Waals surface area (Å²) in [5.41, 5.74) is 4.90. The third kappa shape index (κ3) is 24.0. The molecule has 178 valence electrons. The molecule has 0 bridgehead atoms. The third-order valence-corrected chi connectivity index (χ3v) is 6.33. The van der Waals surface area contributed by atoms with E-state index in [-0.39, 0.29) is 65.7 Å².